The Morgan fingerprint density at radius 1 is 0.974 bits per heavy atom. The fourth-order valence-corrected chi connectivity index (χ4v) is 5.26. The molecule has 0 radical (unpaired) electrons. The number of nitrogens with zero attached hydrogens (tertiary/aromatic N) is 7. The quantitative estimate of drug-likeness (QED) is 0.498. The summed E-state index contributed by atoms with van der Waals surface area (Å²) in [6.45, 7) is 6.96. The Kier molecular flexibility index (Phi) is 7.02. The Labute approximate surface area is 222 Å². The average molecular weight is 516 g/mol. The van der Waals surface area contributed by atoms with Crippen LogP contribution in [0.25, 0.3) is 11.3 Å². The van der Waals surface area contributed by atoms with Crippen molar-refractivity contribution in [3.8, 4) is 11.3 Å². The number of hydrogen-bond donors (Lipinski definition) is 2. The molecule has 3 aromatic rings. The maximum absolute atomic E-state index is 12.6. The molecule has 11 heteroatoms. The van der Waals surface area contributed by atoms with Crippen LogP contribution in [0.4, 0.5) is 23.4 Å². The number of rotatable bonds is 6. The first-order valence-electron chi connectivity index (χ1n) is 13.3. The van der Waals surface area contributed by atoms with Gasteiger partial charge in [0.2, 0.25) is 17.8 Å². The summed E-state index contributed by atoms with van der Waals surface area (Å²) < 4.78 is 5.54. The predicted octanol–water partition coefficient (Wildman–Crippen LogP) is 1.41. The van der Waals surface area contributed by atoms with Gasteiger partial charge in [0.1, 0.15) is 5.82 Å². The van der Waals surface area contributed by atoms with E-state index in [0.717, 1.165) is 92.5 Å². The molecule has 2 fully saturated rings. The highest BCUT2D eigenvalue weighted by Crippen LogP contribution is 2.39. The number of aromatic nitrogens is 4. The summed E-state index contributed by atoms with van der Waals surface area (Å²) in [6, 6.07) is 8.50. The molecule has 0 unspecified atom stereocenters. The van der Waals surface area contributed by atoms with Crippen LogP contribution in [0.1, 0.15) is 17.5 Å². The molecule has 6 rings (SSSR count). The standard InChI is InChI=1S/C27H33N9O2/c28-26-30-17-20(18-31-26)24-22-7-10-36(25(22)33-27(32-24)35-13-15-38-16-14-35)21-4-1-19(2-5-21)3-6-23(37)34-11-8-29-9-12-34/h1-2,4-5,17-18,29H,3,6-16H2,(H2,28,30,31). The number of nitrogens with two attached hydrogens (primary N) is 1. The van der Waals surface area contributed by atoms with Crippen molar-refractivity contribution >= 4 is 29.3 Å². The highest BCUT2D eigenvalue weighted by molar-refractivity contribution is 5.78. The minimum absolute atomic E-state index is 0.232. The van der Waals surface area contributed by atoms with Gasteiger partial charge in [-0.1, -0.05) is 12.1 Å². The molecule has 198 valence electrons. The molecule has 2 saturated heterocycles. The molecular formula is C27H33N9O2. The van der Waals surface area contributed by atoms with Crippen LogP contribution in [0.5, 0.6) is 0 Å². The van der Waals surface area contributed by atoms with Gasteiger partial charge in [-0.25, -0.2) is 15.0 Å². The highest BCUT2D eigenvalue weighted by atomic mass is 16.5. The van der Waals surface area contributed by atoms with E-state index >= 15 is 0 Å². The molecule has 1 aromatic carbocycles. The van der Waals surface area contributed by atoms with Gasteiger partial charge >= 0.3 is 0 Å². The number of hydrogen-bond acceptors (Lipinski definition) is 10. The van der Waals surface area contributed by atoms with Crippen LogP contribution < -0.4 is 20.9 Å². The van der Waals surface area contributed by atoms with Crippen molar-refractivity contribution in [1.82, 2.24) is 30.2 Å². The number of benzene rings is 1. The van der Waals surface area contributed by atoms with E-state index in [9.17, 15) is 4.79 Å². The third-order valence-electron chi connectivity index (χ3n) is 7.40. The molecule has 38 heavy (non-hydrogen) atoms. The summed E-state index contributed by atoms with van der Waals surface area (Å²) in [5, 5.41) is 3.29. The monoisotopic (exact) mass is 515 g/mol. The van der Waals surface area contributed by atoms with Gasteiger partial charge in [-0.15, -0.1) is 0 Å². The summed E-state index contributed by atoms with van der Waals surface area (Å²) in [7, 11) is 0. The maximum Gasteiger partial charge on any atom is 0.228 e. The number of morpholine rings is 1. The number of anilines is 4. The van der Waals surface area contributed by atoms with E-state index in [1.54, 1.807) is 12.4 Å². The van der Waals surface area contributed by atoms with Gasteiger partial charge in [0, 0.05) is 81.4 Å². The van der Waals surface area contributed by atoms with E-state index in [-0.39, 0.29) is 11.9 Å². The number of nitrogen functional groups attached to an aromatic ring is 1. The molecule has 3 aliphatic rings. The highest BCUT2D eigenvalue weighted by Gasteiger charge is 2.29. The van der Waals surface area contributed by atoms with E-state index in [0.29, 0.717) is 25.6 Å². The van der Waals surface area contributed by atoms with Gasteiger partial charge in [-0.05, 0) is 30.5 Å². The van der Waals surface area contributed by atoms with Crippen molar-refractivity contribution in [2.24, 2.45) is 0 Å². The van der Waals surface area contributed by atoms with E-state index < -0.39 is 0 Å². The van der Waals surface area contributed by atoms with Crippen molar-refractivity contribution in [2.45, 2.75) is 19.3 Å². The molecular weight excluding hydrogens is 482 g/mol. The molecule has 3 aliphatic heterocycles. The van der Waals surface area contributed by atoms with E-state index in [2.05, 4.69) is 49.4 Å². The molecule has 3 N–H and O–H groups in total. The van der Waals surface area contributed by atoms with Crippen LogP contribution >= 0.6 is 0 Å². The van der Waals surface area contributed by atoms with E-state index in [1.807, 2.05) is 4.90 Å². The normalized spacial score (nSPS) is 17.5. The minimum atomic E-state index is 0.232. The van der Waals surface area contributed by atoms with Crippen LogP contribution in [0.3, 0.4) is 0 Å². The van der Waals surface area contributed by atoms with Gasteiger partial charge in [0.25, 0.3) is 0 Å². The lowest BCUT2D eigenvalue weighted by Gasteiger charge is -2.28. The lowest BCUT2D eigenvalue weighted by atomic mass is 10.1. The predicted molar refractivity (Wildman–Crippen MR) is 145 cm³/mol. The number of fused-ring (bicyclic) bond motifs is 1. The third-order valence-corrected chi connectivity index (χ3v) is 7.40. The second-order valence-corrected chi connectivity index (χ2v) is 9.80. The Hall–Kier alpha value is -3.83. The van der Waals surface area contributed by atoms with E-state index in [1.165, 1.54) is 0 Å². The fraction of sp³-hybridized carbons (Fsp3) is 0.444. The molecule has 0 spiro atoms. The summed E-state index contributed by atoms with van der Waals surface area (Å²) >= 11 is 0. The van der Waals surface area contributed by atoms with Gasteiger partial charge in [0.15, 0.2) is 0 Å². The zero-order chi connectivity index (χ0) is 25.9. The Balaban J connectivity index is 1.24. The fourth-order valence-electron chi connectivity index (χ4n) is 5.26. The average Bonchev–Trinajstić information content (AvgIpc) is 3.41. The summed E-state index contributed by atoms with van der Waals surface area (Å²) in [5.41, 5.74) is 10.7. The molecule has 2 aromatic heterocycles. The van der Waals surface area contributed by atoms with Gasteiger partial charge in [0.05, 0.1) is 18.9 Å². The molecule has 11 nitrogen and oxygen atoms in total. The number of carbonyl (C=O) groups is 1. The number of aryl methyl sites for hydroxylation is 1. The summed E-state index contributed by atoms with van der Waals surface area (Å²) in [6.07, 6.45) is 5.55. The van der Waals surface area contributed by atoms with Gasteiger partial charge in [-0.3, -0.25) is 4.79 Å². The first kappa shape index (κ1) is 24.5. The maximum atomic E-state index is 12.6. The molecule has 1 amide bonds. The third kappa shape index (κ3) is 5.11. The van der Waals surface area contributed by atoms with Crippen LogP contribution in [0.2, 0.25) is 0 Å². The molecule has 0 bridgehead atoms. The van der Waals surface area contributed by atoms with Crippen molar-refractivity contribution in [2.75, 3.05) is 74.6 Å². The Bertz CT molecular complexity index is 1270. The number of nitrogens with one attached hydrogen (secondary N) is 1. The first-order valence-corrected chi connectivity index (χ1v) is 13.3. The number of piperazine rings is 1. The number of ether oxygens (including phenoxy) is 1. The van der Waals surface area contributed by atoms with Gasteiger partial charge < -0.3 is 30.5 Å². The largest absolute Gasteiger partial charge is 0.378 e. The van der Waals surface area contributed by atoms with Crippen LogP contribution in [0.15, 0.2) is 36.7 Å². The zero-order valence-corrected chi connectivity index (χ0v) is 21.5. The summed E-state index contributed by atoms with van der Waals surface area (Å²) in [5.74, 6) is 2.07. The lowest BCUT2D eigenvalue weighted by Crippen LogP contribution is -2.46. The Morgan fingerprint density at radius 2 is 1.71 bits per heavy atom. The molecule has 5 heterocycles. The van der Waals surface area contributed by atoms with Crippen molar-refractivity contribution in [3.05, 3.63) is 47.8 Å². The summed E-state index contributed by atoms with van der Waals surface area (Å²) in [4.78, 5) is 37.3. The van der Waals surface area contributed by atoms with Crippen molar-refractivity contribution < 1.29 is 9.53 Å². The molecule has 0 aliphatic carbocycles. The van der Waals surface area contributed by atoms with E-state index in [4.69, 9.17) is 20.4 Å². The zero-order valence-electron chi connectivity index (χ0n) is 21.5. The number of carbonyl (C=O) groups excluding carboxylic acids is 1. The SMILES string of the molecule is Nc1ncc(-c2nc(N3CCOCC3)nc3c2CCN3c2ccc(CCC(=O)N3CCNCC3)cc2)cn1. The van der Waals surface area contributed by atoms with Crippen molar-refractivity contribution in [3.63, 3.8) is 0 Å². The molecule has 0 atom stereocenters. The number of amides is 1. The smallest absolute Gasteiger partial charge is 0.228 e. The second-order valence-electron chi connectivity index (χ2n) is 9.80. The topological polar surface area (TPSA) is 126 Å². The Morgan fingerprint density at radius 3 is 2.45 bits per heavy atom. The second kappa shape index (κ2) is 10.9. The first-order chi connectivity index (χ1) is 18.7. The minimum Gasteiger partial charge on any atom is -0.378 e. The van der Waals surface area contributed by atoms with Crippen LogP contribution in [0, 0.1) is 0 Å². The lowest BCUT2D eigenvalue weighted by molar-refractivity contribution is -0.131. The van der Waals surface area contributed by atoms with Crippen LogP contribution in [-0.2, 0) is 22.4 Å². The van der Waals surface area contributed by atoms with Crippen molar-refractivity contribution in [1.29, 1.82) is 0 Å². The van der Waals surface area contributed by atoms with Crippen LogP contribution in [-0.4, -0.2) is 89.8 Å². The van der Waals surface area contributed by atoms with Gasteiger partial charge in [-0.2, -0.15) is 4.98 Å². The molecule has 0 saturated carbocycles.